The van der Waals surface area contributed by atoms with E-state index >= 15 is 0 Å². The van der Waals surface area contributed by atoms with Crippen LogP contribution in [0.5, 0.6) is 0 Å². The number of hydrogen-bond acceptors (Lipinski definition) is 6. The van der Waals surface area contributed by atoms with Crippen LogP contribution in [0.25, 0.3) is 10.8 Å². The summed E-state index contributed by atoms with van der Waals surface area (Å²) in [4.78, 5) is 25.9. The van der Waals surface area contributed by atoms with Gasteiger partial charge in [0.25, 0.3) is 5.91 Å². The number of thiazole rings is 1. The number of carbonyl (C=O) groups excluding carboxylic acids is 1. The third-order valence-corrected chi connectivity index (χ3v) is 5.61. The normalized spacial score (nSPS) is 15.1. The predicted octanol–water partition coefficient (Wildman–Crippen LogP) is 3.37. The Balaban J connectivity index is 0.00000243. The molecule has 1 aliphatic carbocycles. The molecule has 1 saturated carbocycles. The van der Waals surface area contributed by atoms with E-state index in [0.717, 1.165) is 12.2 Å². The number of carbonyl (C=O) groups is 1. The minimum absolute atomic E-state index is 0. The zero-order valence-corrected chi connectivity index (χ0v) is 16.7. The number of nitrogens with one attached hydrogen (secondary N) is 2. The summed E-state index contributed by atoms with van der Waals surface area (Å²) in [6.45, 7) is 3.29. The highest BCUT2D eigenvalue weighted by molar-refractivity contribution is 7.17. The second-order valence-corrected chi connectivity index (χ2v) is 7.40. The molecule has 0 aliphatic heterocycles. The Hall–Kier alpha value is -1.57. The molecule has 0 radical (unpaired) electrons. The largest absolute Gasteiger partial charge is 0.350 e. The molecule has 1 aliphatic rings. The van der Waals surface area contributed by atoms with E-state index in [1.165, 1.54) is 49.9 Å². The van der Waals surface area contributed by atoms with E-state index in [4.69, 9.17) is 0 Å². The SMILES string of the molecule is Cc1nc(-c2ncccn2)sc1C(=O)NCCNC1CCCCCC1.Cl. The average Bonchev–Trinajstić information content (AvgIpc) is 2.85. The van der Waals surface area contributed by atoms with Crippen molar-refractivity contribution in [3.05, 3.63) is 29.0 Å². The molecule has 3 rings (SSSR count). The number of amides is 1. The van der Waals surface area contributed by atoms with Gasteiger partial charge in [-0.1, -0.05) is 25.7 Å². The first kappa shape index (κ1) is 20.7. The Labute approximate surface area is 164 Å². The van der Waals surface area contributed by atoms with Gasteiger partial charge in [-0.25, -0.2) is 15.0 Å². The Kier molecular flexibility index (Phi) is 8.41. The highest BCUT2D eigenvalue weighted by Gasteiger charge is 2.17. The average molecular weight is 396 g/mol. The van der Waals surface area contributed by atoms with Gasteiger partial charge in [0.15, 0.2) is 10.8 Å². The third-order valence-electron chi connectivity index (χ3n) is 4.46. The molecule has 6 nitrogen and oxygen atoms in total. The summed E-state index contributed by atoms with van der Waals surface area (Å²) in [5.41, 5.74) is 0.724. The Morgan fingerprint density at radius 1 is 1.15 bits per heavy atom. The molecule has 0 atom stereocenters. The summed E-state index contributed by atoms with van der Waals surface area (Å²) in [7, 11) is 0. The Morgan fingerprint density at radius 3 is 2.54 bits per heavy atom. The molecule has 1 amide bonds. The second-order valence-electron chi connectivity index (χ2n) is 6.40. The van der Waals surface area contributed by atoms with Crippen molar-refractivity contribution >= 4 is 29.7 Å². The standard InChI is InChI=1S/C18H25N5OS.ClH/c1-13-15(25-18(23-13)16-20-9-6-10-21-16)17(24)22-12-11-19-14-7-4-2-3-5-8-14;/h6,9-10,14,19H,2-5,7-8,11-12H2,1H3,(H,22,24);1H. The number of aromatic nitrogens is 3. The van der Waals surface area contributed by atoms with Gasteiger partial charge in [0, 0.05) is 31.5 Å². The van der Waals surface area contributed by atoms with Gasteiger partial charge in [0.2, 0.25) is 0 Å². The van der Waals surface area contributed by atoms with Crippen LogP contribution in [-0.4, -0.2) is 40.0 Å². The molecule has 0 saturated heterocycles. The van der Waals surface area contributed by atoms with E-state index in [0.29, 0.717) is 28.3 Å². The number of aryl methyl sites for hydroxylation is 1. The maximum Gasteiger partial charge on any atom is 0.263 e. The molecule has 0 spiro atoms. The maximum atomic E-state index is 12.4. The van der Waals surface area contributed by atoms with Crippen LogP contribution in [-0.2, 0) is 0 Å². The molecule has 2 N–H and O–H groups in total. The smallest absolute Gasteiger partial charge is 0.263 e. The van der Waals surface area contributed by atoms with Crippen molar-refractivity contribution < 1.29 is 4.79 Å². The van der Waals surface area contributed by atoms with Gasteiger partial charge in [-0.05, 0) is 25.8 Å². The van der Waals surface area contributed by atoms with Crippen molar-refractivity contribution in [3.63, 3.8) is 0 Å². The van der Waals surface area contributed by atoms with Crippen molar-refractivity contribution in [2.45, 2.75) is 51.5 Å². The molecule has 8 heteroatoms. The molecule has 1 fully saturated rings. The van der Waals surface area contributed by atoms with Crippen LogP contribution in [0.1, 0.15) is 53.9 Å². The van der Waals surface area contributed by atoms with E-state index in [1.54, 1.807) is 18.5 Å². The van der Waals surface area contributed by atoms with Gasteiger partial charge < -0.3 is 10.6 Å². The van der Waals surface area contributed by atoms with Crippen LogP contribution in [0.4, 0.5) is 0 Å². The van der Waals surface area contributed by atoms with Gasteiger partial charge in [-0.15, -0.1) is 23.7 Å². The van der Waals surface area contributed by atoms with Crippen LogP contribution in [0.3, 0.4) is 0 Å². The van der Waals surface area contributed by atoms with Crippen LogP contribution >= 0.6 is 23.7 Å². The van der Waals surface area contributed by atoms with E-state index in [2.05, 4.69) is 25.6 Å². The molecule has 2 aromatic heterocycles. The van der Waals surface area contributed by atoms with Crippen LogP contribution in [0, 0.1) is 6.92 Å². The number of nitrogens with zero attached hydrogens (tertiary/aromatic N) is 3. The quantitative estimate of drug-likeness (QED) is 0.579. The van der Waals surface area contributed by atoms with Gasteiger partial charge >= 0.3 is 0 Å². The molecular weight excluding hydrogens is 370 g/mol. The van der Waals surface area contributed by atoms with E-state index in [-0.39, 0.29) is 18.3 Å². The first-order valence-corrected chi connectivity index (χ1v) is 9.82. The van der Waals surface area contributed by atoms with Crippen LogP contribution in [0.2, 0.25) is 0 Å². The highest BCUT2D eigenvalue weighted by Crippen LogP contribution is 2.24. The molecule has 0 bridgehead atoms. The molecule has 2 aromatic rings. The van der Waals surface area contributed by atoms with Gasteiger partial charge in [0.05, 0.1) is 5.69 Å². The van der Waals surface area contributed by atoms with Crippen molar-refractivity contribution in [2.75, 3.05) is 13.1 Å². The van der Waals surface area contributed by atoms with Crippen molar-refractivity contribution in [2.24, 2.45) is 0 Å². The summed E-state index contributed by atoms with van der Waals surface area (Å²) in [6.07, 6.45) is 11.2. The fourth-order valence-corrected chi connectivity index (χ4v) is 4.06. The number of halogens is 1. The van der Waals surface area contributed by atoms with Crippen molar-refractivity contribution in [1.82, 2.24) is 25.6 Å². The fraction of sp³-hybridized carbons (Fsp3) is 0.556. The third kappa shape index (κ3) is 5.72. The summed E-state index contributed by atoms with van der Waals surface area (Å²) in [5, 5.41) is 7.24. The van der Waals surface area contributed by atoms with Crippen LogP contribution < -0.4 is 10.6 Å². The van der Waals surface area contributed by atoms with Gasteiger partial charge in [-0.3, -0.25) is 4.79 Å². The minimum atomic E-state index is -0.0696. The van der Waals surface area contributed by atoms with E-state index < -0.39 is 0 Å². The highest BCUT2D eigenvalue weighted by atomic mass is 35.5. The second kappa shape index (κ2) is 10.5. The van der Waals surface area contributed by atoms with Gasteiger partial charge in [-0.2, -0.15) is 0 Å². The summed E-state index contributed by atoms with van der Waals surface area (Å²) in [5.74, 6) is 0.490. The summed E-state index contributed by atoms with van der Waals surface area (Å²) in [6, 6.07) is 2.37. The molecule has 0 unspecified atom stereocenters. The Morgan fingerprint density at radius 2 is 1.85 bits per heavy atom. The monoisotopic (exact) mass is 395 g/mol. The minimum Gasteiger partial charge on any atom is -0.350 e. The van der Waals surface area contributed by atoms with Crippen molar-refractivity contribution in [1.29, 1.82) is 0 Å². The predicted molar refractivity (Wildman–Crippen MR) is 107 cm³/mol. The first-order valence-electron chi connectivity index (χ1n) is 9.00. The maximum absolute atomic E-state index is 12.4. The van der Waals surface area contributed by atoms with Crippen molar-refractivity contribution in [3.8, 4) is 10.8 Å². The van der Waals surface area contributed by atoms with Gasteiger partial charge in [0.1, 0.15) is 4.88 Å². The molecule has 26 heavy (non-hydrogen) atoms. The Bertz CT molecular complexity index is 686. The fourth-order valence-electron chi connectivity index (χ4n) is 3.13. The van der Waals surface area contributed by atoms with Crippen LogP contribution in [0.15, 0.2) is 18.5 Å². The van der Waals surface area contributed by atoms with E-state index in [1.807, 2.05) is 6.92 Å². The molecule has 0 aromatic carbocycles. The zero-order valence-electron chi connectivity index (χ0n) is 15.0. The lowest BCUT2D eigenvalue weighted by molar-refractivity contribution is 0.0956. The lowest BCUT2D eigenvalue weighted by Crippen LogP contribution is -2.36. The topological polar surface area (TPSA) is 79.8 Å². The first-order chi connectivity index (χ1) is 12.2. The summed E-state index contributed by atoms with van der Waals surface area (Å²) < 4.78 is 0. The lowest BCUT2D eigenvalue weighted by atomic mass is 10.1. The number of hydrogen-bond donors (Lipinski definition) is 2. The lowest BCUT2D eigenvalue weighted by Gasteiger charge is -2.16. The molecular formula is C18H26ClN5OS. The summed E-state index contributed by atoms with van der Waals surface area (Å²) >= 11 is 1.34. The molecule has 2 heterocycles. The van der Waals surface area contributed by atoms with E-state index in [9.17, 15) is 4.79 Å². The molecule has 142 valence electrons. The number of rotatable bonds is 6. The zero-order chi connectivity index (χ0) is 17.5.